The van der Waals surface area contributed by atoms with Gasteiger partial charge in [-0.2, -0.15) is 0 Å². The number of benzene rings is 3. The molecule has 1 aromatic heterocycles. The van der Waals surface area contributed by atoms with Crippen LogP contribution < -0.4 is 10.0 Å². The zero-order valence-electron chi connectivity index (χ0n) is 17.5. The Kier molecular flexibility index (Phi) is 6.85. The van der Waals surface area contributed by atoms with Crippen molar-refractivity contribution in [1.29, 1.82) is 0 Å². The first-order valence-corrected chi connectivity index (χ1v) is 12.4. The van der Waals surface area contributed by atoms with Gasteiger partial charge in [0.05, 0.1) is 16.3 Å². The average Bonchev–Trinajstić information content (AvgIpc) is 3.23. The molecule has 0 saturated heterocycles. The van der Waals surface area contributed by atoms with Crippen LogP contribution in [0.4, 0.5) is 11.6 Å². The Morgan fingerprint density at radius 1 is 1.03 bits per heavy atom. The summed E-state index contributed by atoms with van der Waals surface area (Å²) in [5.74, 6) is -0.626. The molecule has 0 fully saturated rings. The molecule has 0 unspecified atom stereocenters. The van der Waals surface area contributed by atoms with Crippen molar-refractivity contribution in [2.24, 2.45) is 0 Å². The second-order valence-corrected chi connectivity index (χ2v) is 10.2. The van der Waals surface area contributed by atoms with E-state index in [1.54, 1.807) is 24.3 Å². The lowest BCUT2D eigenvalue weighted by atomic mass is 10.2. The van der Waals surface area contributed by atoms with Crippen LogP contribution in [-0.2, 0) is 10.0 Å². The number of hydrogen-bond donors (Lipinski definition) is 3. The number of carbonyl (C=O) groups excluding carboxylic acids is 1. The molecule has 1 amide bonds. The molecule has 4 rings (SSSR count). The van der Waals surface area contributed by atoms with Crippen LogP contribution in [0, 0.1) is 6.92 Å². The molecule has 174 valence electrons. The van der Waals surface area contributed by atoms with Crippen LogP contribution in [-0.4, -0.2) is 29.1 Å². The van der Waals surface area contributed by atoms with E-state index in [1.165, 1.54) is 17.0 Å². The summed E-state index contributed by atoms with van der Waals surface area (Å²) in [6.07, 6.45) is 1.39. The number of nitrogens with zero attached hydrogens (tertiary/aromatic N) is 3. The van der Waals surface area contributed by atoms with Gasteiger partial charge in [0.25, 0.3) is 15.9 Å². The van der Waals surface area contributed by atoms with E-state index in [2.05, 4.69) is 32.9 Å². The van der Waals surface area contributed by atoms with Crippen LogP contribution in [0.5, 0.6) is 0 Å². The zero-order chi connectivity index (χ0) is 24.5. The Morgan fingerprint density at radius 2 is 1.71 bits per heavy atom. The van der Waals surface area contributed by atoms with Crippen molar-refractivity contribution >= 4 is 63.4 Å². The van der Waals surface area contributed by atoms with E-state index >= 15 is 0 Å². The third kappa shape index (κ3) is 5.20. The summed E-state index contributed by atoms with van der Waals surface area (Å²) in [5.41, 5.74) is 2.13. The first-order valence-electron chi connectivity index (χ1n) is 9.73. The maximum absolute atomic E-state index is 13.2. The van der Waals surface area contributed by atoms with E-state index in [0.29, 0.717) is 16.4 Å². The number of halogens is 2. The first kappa shape index (κ1) is 24.1. The number of amides is 1. The zero-order valence-corrected chi connectivity index (χ0v) is 20.8. The van der Waals surface area contributed by atoms with Gasteiger partial charge in [0, 0.05) is 15.6 Å². The largest absolute Gasteiger partial charge is 0.322 e. The molecule has 0 aliphatic carbocycles. The summed E-state index contributed by atoms with van der Waals surface area (Å²) < 4.78 is 30.3. The first-order chi connectivity index (χ1) is 16.1. The standard InChI is InChI=1S/C22H17Cl2N5O3S2/c1-13-2-8-16(9-3-13)29-12-25-27-22(29)28-34(31,32)20-10-17(18(24)11-19(20)33)21(30)26-15-6-4-14(23)5-7-15/h2-12,33H,1H3,(H,26,30)(H,27,28). The number of sulfonamides is 1. The van der Waals surface area contributed by atoms with E-state index in [9.17, 15) is 13.2 Å². The molecule has 0 bridgehead atoms. The molecular weight excluding hydrogens is 517 g/mol. The van der Waals surface area contributed by atoms with Gasteiger partial charge < -0.3 is 5.32 Å². The monoisotopic (exact) mass is 533 g/mol. The van der Waals surface area contributed by atoms with Crippen molar-refractivity contribution in [1.82, 2.24) is 14.8 Å². The van der Waals surface area contributed by atoms with Gasteiger partial charge in [0.15, 0.2) is 0 Å². The molecule has 34 heavy (non-hydrogen) atoms. The Labute approximate surface area is 211 Å². The van der Waals surface area contributed by atoms with E-state index in [-0.39, 0.29) is 26.3 Å². The highest BCUT2D eigenvalue weighted by Crippen LogP contribution is 2.30. The van der Waals surface area contributed by atoms with E-state index in [4.69, 9.17) is 23.2 Å². The van der Waals surface area contributed by atoms with Crippen LogP contribution in [0.25, 0.3) is 5.69 Å². The minimum Gasteiger partial charge on any atom is -0.322 e. The smallest absolute Gasteiger partial charge is 0.265 e. The lowest BCUT2D eigenvalue weighted by Gasteiger charge is -2.13. The second kappa shape index (κ2) is 9.67. The molecule has 0 saturated carbocycles. The summed E-state index contributed by atoms with van der Waals surface area (Å²) in [7, 11) is -4.21. The number of aromatic nitrogens is 3. The van der Waals surface area contributed by atoms with Crippen molar-refractivity contribution < 1.29 is 13.2 Å². The molecule has 12 heteroatoms. The van der Waals surface area contributed by atoms with Gasteiger partial charge in [-0.1, -0.05) is 40.9 Å². The van der Waals surface area contributed by atoms with Crippen LogP contribution in [0.3, 0.4) is 0 Å². The van der Waals surface area contributed by atoms with Crippen molar-refractivity contribution in [2.45, 2.75) is 16.7 Å². The summed E-state index contributed by atoms with van der Waals surface area (Å²) in [4.78, 5) is 12.6. The van der Waals surface area contributed by atoms with Crippen LogP contribution in [0.15, 0.2) is 76.8 Å². The van der Waals surface area contributed by atoms with Crippen molar-refractivity contribution in [2.75, 3.05) is 10.0 Å². The minimum atomic E-state index is -4.21. The van der Waals surface area contributed by atoms with Gasteiger partial charge in [-0.25, -0.2) is 13.1 Å². The predicted octanol–water partition coefficient (Wildman–Crippen LogP) is 5.22. The highest BCUT2D eigenvalue weighted by molar-refractivity contribution is 7.93. The molecule has 8 nitrogen and oxygen atoms in total. The van der Waals surface area contributed by atoms with Gasteiger partial charge in [0.1, 0.15) is 11.2 Å². The highest BCUT2D eigenvalue weighted by atomic mass is 35.5. The van der Waals surface area contributed by atoms with Gasteiger partial charge in [-0.05, 0) is 55.5 Å². The number of rotatable bonds is 6. The van der Waals surface area contributed by atoms with Crippen molar-refractivity contribution in [3.05, 3.63) is 88.2 Å². The van der Waals surface area contributed by atoms with Crippen LogP contribution in [0.2, 0.25) is 10.0 Å². The van der Waals surface area contributed by atoms with Crippen LogP contribution in [0.1, 0.15) is 15.9 Å². The Morgan fingerprint density at radius 3 is 2.38 bits per heavy atom. The SMILES string of the molecule is Cc1ccc(-n2cnnc2NS(=O)(=O)c2cc(C(=O)Nc3ccc(Cl)cc3)c(Cl)cc2S)cc1. The molecule has 0 aliphatic rings. The summed E-state index contributed by atoms with van der Waals surface area (Å²) in [6.45, 7) is 1.94. The summed E-state index contributed by atoms with van der Waals surface area (Å²) in [5, 5.41) is 10.9. The second-order valence-electron chi connectivity index (χ2n) is 7.23. The molecule has 0 atom stereocenters. The molecule has 0 aliphatic heterocycles. The molecule has 0 radical (unpaired) electrons. The number of carbonyl (C=O) groups is 1. The molecule has 1 heterocycles. The third-order valence-corrected chi connectivity index (χ3v) is 7.22. The topological polar surface area (TPSA) is 106 Å². The summed E-state index contributed by atoms with van der Waals surface area (Å²) >= 11 is 16.3. The minimum absolute atomic E-state index is 0.0290. The summed E-state index contributed by atoms with van der Waals surface area (Å²) in [6, 6.07) is 16.3. The maximum Gasteiger partial charge on any atom is 0.265 e. The predicted molar refractivity (Wildman–Crippen MR) is 135 cm³/mol. The molecule has 2 N–H and O–H groups in total. The quantitative estimate of drug-likeness (QED) is 0.294. The van der Waals surface area contributed by atoms with Crippen molar-refractivity contribution in [3.8, 4) is 5.69 Å². The number of hydrogen-bond acceptors (Lipinski definition) is 6. The Bertz CT molecular complexity index is 1470. The van der Waals surface area contributed by atoms with E-state index < -0.39 is 15.9 Å². The normalized spacial score (nSPS) is 11.3. The fourth-order valence-corrected chi connectivity index (χ4v) is 5.14. The molecule has 4 aromatic rings. The van der Waals surface area contributed by atoms with Gasteiger partial charge in [-0.3, -0.25) is 9.36 Å². The Hall–Kier alpha value is -3.05. The number of aryl methyl sites for hydroxylation is 1. The molecule has 3 aromatic carbocycles. The van der Waals surface area contributed by atoms with E-state index in [1.807, 2.05) is 31.2 Å². The number of anilines is 2. The van der Waals surface area contributed by atoms with Gasteiger partial charge in [0.2, 0.25) is 5.95 Å². The van der Waals surface area contributed by atoms with E-state index in [0.717, 1.165) is 11.6 Å². The fraction of sp³-hybridized carbons (Fsp3) is 0.0455. The van der Waals surface area contributed by atoms with Gasteiger partial charge >= 0.3 is 0 Å². The molecule has 0 spiro atoms. The average molecular weight is 534 g/mol. The third-order valence-electron chi connectivity index (χ3n) is 4.77. The number of nitrogens with one attached hydrogen (secondary N) is 2. The Balaban J connectivity index is 1.65. The number of thiol groups is 1. The molecular formula is C22H17Cl2N5O3S2. The van der Waals surface area contributed by atoms with Crippen LogP contribution >= 0.6 is 35.8 Å². The highest BCUT2D eigenvalue weighted by Gasteiger charge is 2.24. The maximum atomic E-state index is 13.2. The lowest BCUT2D eigenvalue weighted by molar-refractivity contribution is 0.102. The van der Waals surface area contributed by atoms with Gasteiger partial charge in [-0.15, -0.1) is 22.8 Å². The fourth-order valence-electron chi connectivity index (χ4n) is 3.04. The van der Waals surface area contributed by atoms with Crippen molar-refractivity contribution in [3.63, 3.8) is 0 Å². The lowest BCUT2D eigenvalue weighted by Crippen LogP contribution is -2.19.